The van der Waals surface area contributed by atoms with Gasteiger partial charge in [0, 0.05) is 6.42 Å². The molecule has 4 N–H and O–H groups in total. The van der Waals surface area contributed by atoms with Crippen molar-refractivity contribution in [1.82, 2.24) is 0 Å². The van der Waals surface area contributed by atoms with Crippen molar-refractivity contribution in [2.75, 3.05) is 32.2 Å². The quantitative estimate of drug-likeness (QED) is 0.0520. The Morgan fingerprint density at radius 1 is 0.886 bits per heavy atom. The predicted molar refractivity (Wildman–Crippen MR) is 131 cm³/mol. The Balaban J connectivity index is 3.68. The lowest BCUT2D eigenvalue weighted by Crippen LogP contribution is -2.23. The number of hydrogen-bond donors (Lipinski definition) is 4. The molecule has 1 unspecified atom stereocenters. The van der Waals surface area contributed by atoms with E-state index >= 15 is 0 Å². The van der Waals surface area contributed by atoms with E-state index in [1.165, 1.54) is 0 Å². The SMILES string of the molecule is O=C(CCCCCCC/C=C\C/C=C\C/C=C\CO)OC[C@@H](O)COP(=O)(O)OCCS(=O)(=O)O. The number of carbonyl (C=O) groups is 1. The van der Waals surface area contributed by atoms with Crippen LogP contribution in [0.3, 0.4) is 0 Å². The fourth-order valence-electron chi connectivity index (χ4n) is 2.58. The molecule has 0 aliphatic rings. The molecule has 0 heterocycles. The van der Waals surface area contributed by atoms with Gasteiger partial charge in [-0.15, -0.1) is 0 Å². The molecule has 0 radical (unpaired) electrons. The average molecular weight is 543 g/mol. The molecule has 0 aliphatic carbocycles. The molecule has 0 fully saturated rings. The largest absolute Gasteiger partial charge is 0.472 e. The first-order valence-corrected chi connectivity index (χ1v) is 14.6. The van der Waals surface area contributed by atoms with Gasteiger partial charge in [0.25, 0.3) is 10.1 Å². The zero-order valence-electron chi connectivity index (χ0n) is 19.9. The lowest BCUT2D eigenvalue weighted by Gasteiger charge is -2.15. The van der Waals surface area contributed by atoms with Gasteiger partial charge in [0.05, 0.1) is 25.6 Å². The van der Waals surface area contributed by atoms with E-state index in [1.54, 1.807) is 6.08 Å². The number of unbranched alkanes of at least 4 members (excludes halogenated alkanes) is 5. The average Bonchev–Trinajstić information content (AvgIpc) is 2.78. The second-order valence-electron chi connectivity index (χ2n) is 7.60. The van der Waals surface area contributed by atoms with E-state index in [4.69, 9.17) is 14.4 Å². The van der Waals surface area contributed by atoms with Crippen molar-refractivity contribution in [1.29, 1.82) is 0 Å². The number of allylic oxidation sites excluding steroid dienone is 5. The number of ether oxygens (including phenoxy) is 1. The van der Waals surface area contributed by atoms with Crippen molar-refractivity contribution in [3.05, 3.63) is 36.5 Å². The van der Waals surface area contributed by atoms with Crippen molar-refractivity contribution in [2.24, 2.45) is 0 Å². The number of carbonyl (C=O) groups excluding carboxylic acids is 1. The van der Waals surface area contributed by atoms with Gasteiger partial charge in [-0.2, -0.15) is 8.42 Å². The first kappa shape index (κ1) is 33.6. The van der Waals surface area contributed by atoms with Gasteiger partial charge in [-0.25, -0.2) is 4.57 Å². The van der Waals surface area contributed by atoms with E-state index in [-0.39, 0.29) is 13.0 Å². The molecular weight excluding hydrogens is 503 g/mol. The van der Waals surface area contributed by atoms with E-state index in [2.05, 4.69) is 33.4 Å². The third-order valence-corrected chi connectivity index (χ3v) is 6.03. The molecule has 11 nitrogen and oxygen atoms in total. The standard InChI is InChI=1S/C22H39O11PS/c23-16-14-12-10-8-6-4-2-1-3-5-7-9-11-13-15-22(25)31-19-21(24)20-33-34(26,27)32-17-18-35(28,29)30/h1-2,6,8,12,14,21,23-24H,3-5,7,9-11,13,15-20H2,(H,26,27)(H,28,29,30)/b2-1-,8-6-,14-12-/t21-/m1/s1. The summed E-state index contributed by atoms with van der Waals surface area (Å²) in [4.78, 5) is 21.0. The number of rotatable bonds is 22. The van der Waals surface area contributed by atoms with Crippen LogP contribution in [0.15, 0.2) is 36.5 Å². The van der Waals surface area contributed by atoms with Gasteiger partial charge >= 0.3 is 13.8 Å². The Morgan fingerprint density at radius 3 is 2.14 bits per heavy atom. The Kier molecular flexibility index (Phi) is 20.0. The number of esters is 1. The Labute approximate surface area is 207 Å². The summed E-state index contributed by atoms with van der Waals surface area (Å²) >= 11 is 0. The molecule has 0 aliphatic heterocycles. The van der Waals surface area contributed by atoms with Crippen molar-refractivity contribution < 1.29 is 51.2 Å². The second-order valence-corrected chi connectivity index (χ2v) is 10.6. The highest BCUT2D eigenvalue weighted by molar-refractivity contribution is 7.85. The molecule has 0 saturated heterocycles. The molecule has 0 aromatic heterocycles. The van der Waals surface area contributed by atoms with Crippen LogP contribution >= 0.6 is 7.82 Å². The van der Waals surface area contributed by atoms with E-state index < -0.39 is 55.6 Å². The van der Waals surface area contributed by atoms with Gasteiger partial charge < -0.3 is 19.8 Å². The Bertz CT molecular complexity index is 793. The normalized spacial score (nSPS) is 15.2. The van der Waals surface area contributed by atoms with Gasteiger partial charge in [-0.1, -0.05) is 55.7 Å². The smallest absolute Gasteiger partial charge is 0.463 e. The lowest BCUT2D eigenvalue weighted by molar-refractivity contribution is -0.147. The molecule has 204 valence electrons. The minimum absolute atomic E-state index is 0.0704. The van der Waals surface area contributed by atoms with Gasteiger partial charge in [0.1, 0.15) is 12.7 Å². The Hall–Kier alpha value is -1.37. The van der Waals surface area contributed by atoms with Crippen LogP contribution in [0, 0.1) is 0 Å². The maximum absolute atomic E-state index is 11.7. The maximum Gasteiger partial charge on any atom is 0.472 e. The summed E-state index contributed by atoms with van der Waals surface area (Å²) in [5.41, 5.74) is 0. The van der Waals surface area contributed by atoms with Gasteiger partial charge in [-0.05, 0) is 32.1 Å². The van der Waals surface area contributed by atoms with Crippen LogP contribution in [0.25, 0.3) is 0 Å². The van der Waals surface area contributed by atoms with Gasteiger partial charge in [-0.3, -0.25) is 18.4 Å². The zero-order valence-corrected chi connectivity index (χ0v) is 21.7. The summed E-state index contributed by atoms with van der Waals surface area (Å²) in [6, 6.07) is 0. The topological polar surface area (TPSA) is 177 Å². The molecule has 0 bridgehead atoms. The molecule has 0 rings (SSSR count). The van der Waals surface area contributed by atoms with Crippen molar-refractivity contribution in [3.8, 4) is 0 Å². The monoisotopic (exact) mass is 542 g/mol. The third-order valence-electron chi connectivity index (χ3n) is 4.36. The van der Waals surface area contributed by atoms with Crippen LogP contribution in [0.2, 0.25) is 0 Å². The summed E-state index contributed by atoms with van der Waals surface area (Å²) < 4.78 is 54.8. The summed E-state index contributed by atoms with van der Waals surface area (Å²) in [6.45, 7) is -1.79. The fourth-order valence-corrected chi connectivity index (χ4v) is 3.76. The number of aliphatic hydroxyl groups is 2. The van der Waals surface area contributed by atoms with E-state index in [1.807, 2.05) is 6.08 Å². The molecule has 0 amide bonds. The summed E-state index contributed by atoms with van der Waals surface area (Å²) in [6.07, 6.45) is 18.3. The number of phosphoric acid groups is 1. The molecule has 0 aromatic rings. The summed E-state index contributed by atoms with van der Waals surface area (Å²) in [5, 5.41) is 18.3. The number of hydrogen-bond acceptors (Lipinski definition) is 9. The highest BCUT2D eigenvalue weighted by Crippen LogP contribution is 2.43. The second kappa shape index (κ2) is 20.8. The van der Waals surface area contributed by atoms with Crippen LogP contribution in [0.1, 0.15) is 57.8 Å². The van der Waals surface area contributed by atoms with Crippen LogP contribution in [0.4, 0.5) is 0 Å². The third kappa shape index (κ3) is 25.5. The van der Waals surface area contributed by atoms with E-state index in [0.717, 1.165) is 44.9 Å². The molecule has 35 heavy (non-hydrogen) atoms. The van der Waals surface area contributed by atoms with Gasteiger partial charge in [0.15, 0.2) is 0 Å². The van der Waals surface area contributed by atoms with E-state index in [0.29, 0.717) is 6.42 Å². The summed E-state index contributed by atoms with van der Waals surface area (Å²) in [5.74, 6) is -1.38. The first-order valence-electron chi connectivity index (χ1n) is 11.5. The molecule has 0 aromatic carbocycles. The fraction of sp³-hybridized carbons (Fsp3) is 0.682. The van der Waals surface area contributed by atoms with Crippen LogP contribution in [0.5, 0.6) is 0 Å². The summed E-state index contributed by atoms with van der Waals surface area (Å²) in [7, 11) is -8.97. The van der Waals surface area contributed by atoms with Crippen molar-refractivity contribution in [3.63, 3.8) is 0 Å². The first-order chi connectivity index (χ1) is 16.6. The minimum Gasteiger partial charge on any atom is -0.463 e. The van der Waals surface area contributed by atoms with E-state index in [9.17, 15) is 27.8 Å². The van der Waals surface area contributed by atoms with Crippen molar-refractivity contribution in [2.45, 2.75) is 63.9 Å². The predicted octanol–water partition coefficient (Wildman–Crippen LogP) is 3.08. The molecule has 2 atom stereocenters. The molecule has 13 heteroatoms. The van der Waals surface area contributed by atoms with Crippen LogP contribution < -0.4 is 0 Å². The molecular formula is C22H39O11PS. The Morgan fingerprint density at radius 2 is 1.49 bits per heavy atom. The maximum atomic E-state index is 11.7. The molecule has 0 spiro atoms. The van der Waals surface area contributed by atoms with Crippen LogP contribution in [-0.4, -0.2) is 72.3 Å². The highest BCUT2D eigenvalue weighted by atomic mass is 32.2. The lowest BCUT2D eigenvalue weighted by atomic mass is 10.1. The number of phosphoric ester groups is 1. The highest BCUT2D eigenvalue weighted by Gasteiger charge is 2.24. The number of aliphatic hydroxyl groups excluding tert-OH is 2. The minimum atomic E-state index is -4.62. The van der Waals surface area contributed by atoms with Gasteiger partial charge in [0.2, 0.25) is 0 Å². The van der Waals surface area contributed by atoms with Crippen LogP contribution in [-0.2, 0) is 33.3 Å². The molecule has 0 saturated carbocycles. The zero-order chi connectivity index (χ0) is 26.4. The van der Waals surface area contributed by atoms with Crippen molar-refractivity contribution >= 4 is 23.9 Å².